The van der Waals surface area contributed by atoms with E-state index in [0.29, 0.717) is 37.1 Å². The van der Waals surface area contributed by atoms with Crippen LogP contribution in [0.25, 0.3) is 10.6 Å². The van der Waals surface area contributed by atoms with E-state index in [1.165, 1.54) is 12.3 Å². The molecule has 1 atom stereocenters. The molecule has 2 aromatic heterocycles. The lowest BCUT2D eigenvalue weighted by molar-refractivity contribution is 0.0636. The number of nitrogens with zero attached hydrogens (tertiary/aromatic N) is 4. The average molecular weight is 682 g/mol. The van der Waals surface area contributed by atoms with Gasteiger partial charge in [-0.05, 0) is 57.7 Å². The Morgan fingerprint density at radius 2 is 1.79 bits per heavy atom. The second kappa shape index (κ2) is 14.8. The van der Waals surface area contributed by atoms with Crippen LogP contribution in [0, 0.1) is 11.6 Å². The second-order valence-corrected chi connectivity index (χ2v) is 13.2. The summed E-state index contributed by atoms with van der Waals surface area (Å²) in [6.45, 7) is 6.44. The van der Waals surface area contributed by atoms with E-state index in [2.05, 4.69) is 30.9 Å². The number of halogens is 2. The van der Waals surface area contributed by atoms with Crippen LogP contribution >= 0.6 is 11.3 Å². The van der Waals surface area contributed by atoms with E-state index in [9.17, 15) is 23.2 Å². The number of ether oxygens (including phenoxy) is 2. The predicted octanol–water partition coefficient (Wildman–Crippen LogP) is 6.71. The maximum Gasteiger partial charge on any atom is 0.412 e. The summed E-state index contributed by atoms with van der Waals surface area (Å²) in [5.74, 6) is -1.68. The van der Waals surface area contributed by atoms with E-state index in [1.807, 2.05) is 30.3 Å². The quantitative estimate of drug-likeness (QED) is 0.187. The molecule has 5 rings (SSSR count). The minimum Gasteiger partial charge on any atom is -0.445 e. The van der Waals surface area contributed by atoms with Gasteiger partial charge in [0.1, 0.15) is 39.5 Å². The van der Waals surface area contributed by atoms with Crippen molar-refractivity contribution in [3.63, 3.8) is 0 Å². The third-order valence-corrected chi connectivity index (χ3v) is 8.34. The Kier molecular flexibility index (Phi) is 10.6. The van der Waals surface area contributed by atoms with Crippen LogP contribution in [0.4, 0.5) is 34.9 Å². The zero-order valence-corrected chi connectivity index (χ0v) is 27.8. The number of alkyl carbamates (subject to hydrolysis) is 1. The maximum absolute atomic E-state index is 14.7. The molecule has 0 saturated carbocycles. The van der Waals surface area contributed by atoms with Crippen LogP contribution in [0.2, 0.25) is 0 Å². The molecule has 1 saturated heterocycles. The van der Waals surface area contributed by atoms with Crippen molar-refractivity contribution >= 4 is 45.9 Å². The summed E-state index contributed by atoms with van der Waals surface area (Å²) in [4.78, 5) is 45.2. The Hall–Kier alpha value is -5.05. The molecule has 48 heavy (non-hydrogen) atoms. The van der Waals surface area contributed by atoms with Gasteiger partial charge >= 0.3 is 12.2 Å². The molecule has 4 aromatic rings. The lowest BCUT2D eigenvalue weighted by Gasteiger charge is -2.24. The van der Waals surface area contributed by atoms with Gasteiger partial charge in [-0.25, -0.2) is 23.4 Å². The van der Waals surface area contributed by atoms with Crippen LogP contribution in [-0.4, -0.2) is 57.6 Å². The highest BCUT2D eigenvalue weighted by atomic mass is 32.1. The van der Waals surface area contributed by atoms with E-state index in [1.54, 1.807) is 32.5 Å². The summed E-state index contributed by atoms with van der Waals surface area (Å²) < 4.78 is 40.7. The van der Waals surface area contributed by atoms with Crippen molar-refractivity contribution in [2.45, 2.75) is 58.3 Å². The van der Waals surface area contributed by atoms with Crippen LogP contribution in [0.15, 0.2) is 54.7 Å². The number of benzene rings is 2. The zero-order chi connectivity index (χ0) is 34.4. The smallest absolute Gasteiger partial charge is 0.412 e. The van der Waals surface area contributed by atoms with Gasteiger partial charge in [-0.15, -0.1) is 0 Å². The highest BCUT2D eigenvalue weighted by molar-refractivity contribution is 7.19. The Bertz CT molecular complexity index is 1770. The Balaban J connectivity index is 1.30. The number of carbonyl (C=O) groups excluding carboxylic acids is 3. The van der Waals surface area contributed by atoms with Crippen molar-refractivity contribution in [3.05, 3.63) is 77.6 Å². The van der Waals surface area contributed by atoms with Crippen molar-refractivity contribution in [2.24, 2.45) is 7.05 Å². The summed E-state index contributed by atoms with van der Waals surface area (Å²) in [5.41, 5.74) is 0.245. The van der Waals surface area contributed by atoms with Crippen LogP contribution in [-0.2, 0) is 23.1 Å². The SMILES string of the molecule is Cn1ncc(NC(=O)c2nc(-c3ccc(F)cc3F)sc2NC(=O)OC(C)(C)C)c1N1CCC[C@@H](NC(=O)OCc2ccccc2)CC1. The van der Waals surface area contributed by atoms with Crippen molar-refractivity contribution in [3.8, 4) is 10.6 Å². The Morgan fingerprint density at radius 3 is 2.52 bits per heavy atom. The third kappa shape index (κ3) is 8.85. The number of thiazole rings is 1. The van der Waals surface area contributed by atoms with Gasteiger partial charge in [0.2, 0.25) is 0 Å². The van der Waals surface area contributed by atoms with Gasteiger partial charge in [-0.2, -0.15) is 5.10 Å². The molecule has 0 bridgehead atoms. The number of hydrogen-bond donors (Lipinski definition) is 3. The fraction of sp³-hybridized carbons (Fsp3) is 0.364. The number of anilines is 3. The van der Waals surface area contributed by atoms with Gasteiger partial charge in [0.05, 0.1) is 6.20 Å². The molecule has 1 aliphatic rings. The number of nitrogens with one attached hydrogen (secondary N) is 3. The van der Waals surface area contributed by atoms with Crippen molar-refractivity contribution in [2.75, 3.05) is 28.6 Å². The molecule has 15 heteroatoms. The second-order valence-electron chi connectivity index (χ2n) is 12.2. The van der Waals surface area contributed by atoms with Gasteiger partial charge in [0.15, 0.2) is 11.5 Å². The first-order valence-corrected chi connectivity index (χ1v) is 16.2. The Morgan fingerprint density at radius 1 is 1.02 bits per heavy atom. The van der Waals surface area contributed by atoms with Crippen LogP contribution < -0.4 is 20.9 Å². The standard InChI is InChI=1S/C33H37F2N7O5S/c1-33(2,3)47-32(45)40-29-26(39-28(48-29)23-13-12-21(34)17-24(23)35)27(43)38-25-18-36-41(4)30(25)42-15-8-11-22(14-16-42)37-31(44)46-19-20-9-6-5-7-10-20/h5-7,9-10,12-13,17-18,22H,8,11,14-16,19H2,1-4H3,(H,37,44)(H,38,43)(H,40,45)/t22-/m1/s1. The number of amides is 3. The number of aryl methyl sites for hydroxylation is 1. The number of hydrogen-bond acceptors (Lipinski definition) is 9. The summed E-state index contributed by atoms with van der Waals surface area (Å²) in [6, 6.07) is 12.3. The summed E-state index contributed by atoms with van der Waals surface area (Å²) in [5, 5.41) is 12.8. The van der Waals surface area contributed by atoms with Crippen molar-refractivity contribution in [1.29, 1.82) is 0 Å². The first kappa shape index (κ1) is 34.3. The highest BCUT2D eigenvalue weighted by Gasteiger charge is 2.28. The largest absolute Gasteiger partial charge is 0.445 e. The van der Waals surface area contributed by atoms with E-state index in [-0.39, 0.29) is 33.9 Å². The molecular formula is C33H37F2N7O5S. The molecule has 3 amide bonds. The molecule has 12 nitrogen and oxygen atoms in total. The molecule has 2 aromatic carbocycles. The summed E-state index contributed by atoms with van der Waals surface area (Å²) >= 11 is 0.851. The van der Waals surface area contributed by atoms with Crippen molar-refractivity contribution in [1.82, 2.24) is 20.1 Å². The molecular weight excluding hydrogens is 644 g/mol. The first-order chi connectivity index (χ1) is 22.9. The lowest BCUT2D eigenvalue weighted by Crippen LogP contribution is -2.36. The van der Waals surface area contributed by atoms with E-state index in [0.717, 1.165) is 35.8 Å². The highest BCUT2D eigenvalue weighted by Crippen LogP contribution is 2.35. The fourth-order valence-corrected chi connectivity index (χ4v) is 6.17. The van der Waals surface area contributed by atoms with E-state index in [4.69, 9.17) is 9.47 Å². The van der Waals surface area contributed by atoms with E-state index < -0.39 is 35.3 Å². The molecule has 0 aliphatic carbocycles. The molecule has 0 radical (unpaired) electrons. The third-order valence-electron chi connectivity index (χ3n) is 7.34. The molecule has 3 N–H and O–H groups in total. The number of aromatic nitrogens is 3. The molecule has 1 fully saturated rings. The van der Waals surface area contributed by atoms with E-state index >= 15 is 0 Å². The minimum absolute atomic E-state index is 0.0220. The topological polar surface area (TPSA) is 140 Å². The van der Waals surface area contributed by atoms with Gasteiger partial charge in [0, 0.05) is 37.8 Å². The summed E-state index contributed by atoms with van der Waals surface area (Å²) in [6.07, 6.45) is 2.31. The van der Waals surface area contributed by atoms with Gasteiger partial charge in [0.25, 0.3) is 5.91 Å². The van der Waals surface area contributed by atoms with Gasteiger partial charge in [-0.1, -0.05) is 41.7 Å². The molecule has 0 unspecified atom stereocenters. The first-order valence-electron chi connectivity index (χ1n) is 15.4. The molecule has 3 heterocycles. The van der Waals surface area contributed by atoms with Crippen molar-refractivity contribution < 1.29 is 32.6 Å². The molecule has 254 valence electrons. The summed E-state index contributed by atoms with van der Waals surface area (Å²) in [7, 11) is 1.75. The molecule has 1 aliphatic heterocycles. The monoisotopic (exact) mass is 681 g/mol. The Labute approximate surface area is 280 Å². The van der Waals surface area contributed by atoms with Crippen LogP contribution in [0.1, 0.15) is 56.1 Å². The van der Waals surface area contributed by atoms with Gasteiger partial charge < -0.3 is 25.0 Å². The zero-order valence-electron chi connectivity index (χ0n) is 27.0. The normalized spacial score (nSPS) is 15.0. The van der Waals surface area contributed by atoms with Crippen LogP contribution in [0.3, 0.4) is 0 Å². The molecule has 0 spiro atoms. The van der Waals surface area contributed by atoms with Gasteiger partial charge in [-0.3, -0.25) is 14.8 Å². The average Bonchev–Trinajstić information content (AvgIpc) is 3.51. The number of rotatable bonds is 8. The van der Waals surface area contributed by atoms with Crippen LogP contribution in [0.5, 0.6) is 0 Å². The predicted molar refractivity (Wildman–Crippen MR) is 178 cm³/mol. The lowest BCUT2D eigenvalue weighted by atomic mass is 10.1. The maximum atomic E-state index is 14.7. The minimum atomic E-state index is -0.868. The fourth-order valence-electron chi connectivity index (χ4n) is 5.19. The number of carbonyl (C=O) groups is 3.